The van der Waals surface area contributed by atoms with Crippen molar-refractivity contribution in [3.8, 4) is 17.6 Å². The van der Waals surface area contributed by atoms with Gasteiger partial charge in [-0.1, -0.05) is 0 Å². The number of ether oxygens (including phenoxy) is 2. The Hall–Kier alpha value is -2.48. The van der Waals surface area contributed by atoms with Crippen LogP contribution < -0.4 is 15.2 Å². The lowest BCUT2D eigenvalue weighted by Gasteiger charge is -2.09. The van der Waals surface area contributed by atoms with Crippen molar-refractivity contribution in [2.24, 2.45) is 5.73 Å². The number of hydrogen-bond acceptors (Lipinski definition) is 5. The highest BCUT2D eigenvalue weighted by molar-refractivity contribution is 6.22. The summed E-state index contributed by atoms with van der Waals surface area (Å²) in [4.78, 5) is 11.8. The van der Waals surface area contributed by atoms with Crippen LogP contribution in [0.25, 0.3) is 5.57 Å². The number of nitriles is 1. The van der Waals surface area contributed by atoms with E-state index in [9.17, 15) is 4.79 Å². The second kappa shape index (κ2) is 3.83. The van der Waals surface area contributed by atoms with Gasteiger partial charge in [0.2, 0.25) is 5.78 Å². The number of Topliss-reactive ketones (excluding diaryl/α,β-unsaturated/α-hetero) is 1. The van der Waals surface area contributed by atoms with Gasteiger partial charge in [-0.2, -0.15) is 5.26 Å². The second-order valence-electron chi connectivity index (χ2n) is 3.48. The third kappa shape index (κ3) is 1.42. The van der Waals surface area contributed by atoms with Crippen molar-refractivity contribution in [3.63, 3.8) is 0 Å². The lowest BCUT2D eigenvalue weighted by Crippen LogP contribution is -2.07. The molecule has 1 aromatic rings. The van der Waals surface area contributed by atoms with Gasteiger partial charge < -0.3 is 15.2 Å². The van der Waals surface area contributed by atoms with E-state index in [2.05, 4.69) is 0 Å². The maximum Gasteiger partial charge on any atom is 0.210 e. The van der Waals surface area contributed by atoms with Crippen LogP contribution in [0.1, 0.15) is 15.9 Å². The van der Waals surface area contributed by atoms with E-state index in [1.54, 1.807) is 6.07 Å². The molecule has 0 aromatic heterocycles. The second-order valence-corrected chi connectivity index (χ2v) is 3.48. The summed E-state index contributed by atoms with van der Waals surface area (Å²) in [6.07, 6.45) is 0. The Bertz CT molecular complexity index is 582. The first-order valence-corrected chi connectivity index (χ1v) is 4.85. The molecular formula is C12H10N2O3. The van der Waals surface area contributed by atoms with Gasteiger partial charge in [0.05, 0.1) is 25.5 Å². The fourth-order valence-electron chi connectivity index (χ4n) is 1.80. The highest BCUT2D eigenvalue weighted by Gasteiger charge is 2.29. The number of benzene rings is 1. The van der Waals surface area contributed by atoms with Crippen molar-refractivity contribution in [2.75, 3.05) is 14.2 Å². The zero-order chi connectivity index (χ0) is 12.6. The average Bonchev–Trinajstić information content (AvgIpc) is 2.59. The van der Waals surface area contributed by atoms with Gasteiger partial charge in [0.25, 0.3) is 0 Å². The quantitative estimate of drug-likeness (QED) is 0.822. The number of hydrogen-bond donors (Lipinski definition) is 1. The lowest BCUT2D eigenvalue weighted by molar-refractivity contribution is 0.103. The van der Waals surface area contributed by atoms with Crippen molar-refractivity contribution in [2.45, 2.75) is 0 Å². The van der Waals surface area contributed by atoms with E-state index in [1.165, 1.54) is 20.3 Å². The van der Waals surface area contributed by atoms with E-state index in [0.29, 0.717) is 22.6 Å². The molecule has 0 saturated heterocycles. The molecule has 5 heteroatoms. The maximum atomic E-state index is 11.8. The Balaban J connectivity index is 2.71. The molecule has 0 amide bonds. The van der Waals surface area contributed by atoms with E-state index in [0.717, 1.165) is 0 Å². The third-order valence-corrected chi connectivity index (χ3v) is 2.66. The summed E-state index contributed by atoms with van der Waals surface area (Å²) in [6, 6.07) is 5.05. The van der Waals surface area contributed by atoms with Crippen LogP contribution in [-0.2, 0) is 0 Å². The van der Waals surface area contributed by atoms with Crippen LogP contribution in [0.5, 0.6) is 11.5 Å². The Morgan fingerprint density at radius 1 is 1.18 bits per heavy atom. The Kier molecular flexibility index (Phi) is 2.48. The van der Waals surface area contributed by atoms with Gasteiger partial charge in [-0.15, -0.1) is 0 Å². The normalized spacial score (nSPS) is 13.4. The van der Waals surface area contributed by atoms with Crippen LogP contribution in [0.4, 0.5) is 0 Å². The van der Waals surface area contributed by atoms with Crippen molar-refractivity contribution in [1.29, 1.82) is 5.26 Å². The molecule has 86 valence electrons. The highest BCUT2D eigenvalue weighted by atomic mass is 16.5. The van der Waals surface area contributed by atoms with Gasteiger partial charge in [-0.05, 0) is 12.1 Å². The highest BCUT2D eigenvalue weighted by Crippen LogP contribution is 2.38. The van der Waals surface area contributed by atoms with Crippen LogP contribution in [0.3, 0.4) is 0 Å². The molecule has 2 N–H and O–H groups in total. The SMILES string of the molecule is COc1cc2c(cc1OC)C(C#N)=C(N)C2=O. The molecule has 1 aliphatic carbocycles. The summed E-state index contributed by atoms with van der Waals surface area (Å²) >= 11 is 0. The molecule has 2 rings (SSSR count). The predicted octanol–water partition coefficient (Wildman–Crippen LogP) is 1.09. The summed E-state index contributed by atoms with van der Waals surface area (Å²) in [7, 11) is 2.96. The van der Waals surface area contributed by atoms with Gasteiger partial charge in [-0.25, -0.2) is 0 Å². The molecular weight excluding hydrogens is 220 g/mol. The third-order valence-electron chi connectivity index (χ3n) is 2.66. The Morgan fingerprint density at radius 3 is 2.18 bits per heavy atom. The van der Waals surface area contributed by atoms with Crippen molar-refractivity contribution >= 4 is 11.4 Å². The minimum absolute atomic E-state index is 0.0298. The molecule has 0 fully saturated rings. The van der Waals surface area contributed by atoms with E-state index >= 15 is 0 Å². The van der Waals surface area contributed by atoms with E-state index in [-0.39, 0.29) is 17.1 Å². The fourth-order valence-corrected chi connectivity index (χ4v) is 1.80. The van der Waals surface area contributed by atoms with E-state index in [1.807, 2.05) is 6.07 Å². The zero-order valence-corrected chi connectivity index (χ0v) is 9.40. The number of ketones is 1. The first-order chi connectivity index (χ1) is 8.13. The fraction of sp³-hybridized carbons (Fsp3) is 0.167. The van der Waals surface area contributed by atoms with Crippen molar-refractivity contribution < 1.29 is 14.3 Å². The van der Waals surface area contributed by atoms with Crippen molar-refractivity contribution in [3.05, 3.63) is 29.0 Å². The number of rotatable bonds is 2. The summed E-state index contributed by atoms with van der Waals surface area (Å²) in [5.74, 6) is 0.547. The standard InChI is InChI=1S/C12H10N2O3/c1-16-9-3-6-7(4-10(9)17-2)12(15)11(14)8(6)5-13/h3-4H,1-2H3,(H2,14,15). The number of allylic oxidation sites excluding steroid dienone is 2. The summed E-state index contributed by atoms with van der Waals surface area (Å²) in [5, 5.41) is 8.98. The van der Waals surface area contributed by atoms with Crippen LogP contribution in [0, 0.1) is 11.3 Å². The predicted molar refractivity (Wildman–Crippen MR) is 60.6 cm³/mol. The van der Waals surface area contributed by atoms with Crippen molar-refractivity contribution in [1.82, 2.24) is 0 Å². The minimum atomic E-state index is -0.350. The molecule has 0 spiro atoms. The molecule has 1 aliphatic rings. The van der Waals surface area contributed by atoms with Crippen LogP contribution >= 0.6 is 0 Å². The molecule has 0 aliphatic heterocycles. The monoisotopic (exact) mass is 230 g/mol. The Morgan fingerprint density at radius 2 is 1.71 bits per heavy atom. The molecule has 17 heavy (non-hydrogen) atoms. The number of nitrogens with two attached hydrogens (primary N) is 1. The molecule has 0 bridgehead atoms. The number of methoxy groups -OCH3 is 2. The van der Waals surface area contributed by atoms with E-state index < -0.39 is 0 Å². The van der Waals surface area contributed by atoms with Gasteiger partial charge in [0, 0.05) is 11.1 Å². The number of fused-ring (bicyclic) bond motifs is 1. The smallest absolute Gasteiger partial charge is 0.210 e. The summed E-state index contributed by atoms with van der Waals surface area (Å²) in [5.41, 5.74) is 6.61. The van der Waals surface area contributed by atoms with Gasteiger partial charge in [-0.3, -0.25) is 4.79 Å². The topological polar surface area (TPSA) is 85.3 Å². The van der Waals surface area contributed by atoms with Crippen LogP contribution in [0.2, 0.25) is 0 Å². The zero-order valence-electron chi connectivity index (χ0n) is 9.40. The van der Waals surface area contributed by atoms with Crippen LogP contribution in [-0.4, -0.2) is 20.0 Å². The first-order valence-electron chi connectivity index (χ1n) is 4.85. The average molecular weight is 230 g/mol. The summed E-state index contributed by atoms with van der Waals surface area (Å²) in [6.45, 7) is 0. The van der Waals surface area contributed by atoms with Gasteiger partial charge >= 0.3 is 0 Å². The van der Waals surface area contributed by atoms with Crippen LogP contribution in [0.15, 0.2) is 17.8 Å². The number of nitrogens with zero attached hydrogens (tertiary/aromatic N) is 1. The number of carbonyl (C=O) groups is 1. The molecule has 0 atom stereocenters. The molecule has 0 unspecified atom stereocenters. The van der Waals surface area contributed by atoms with Gasteiger partial charge in [0.1, 0.15) is 6.07 Å². The molecule has 0 saturated carbocycles. The maximum absolute atomic E-state index is 11.8. The molecule has 0 heterocycles. The minimum Gasteiger partial charge on any atom is -0.493 e. The largest absolute Gasteiger partial charge is 0.493 e. The molecule has 5 nitrogen and oxygen atoms in total. The lowest BCUT2D eigenvalue weighted by atomic mass is 10.1. The molecule has 1 aromatic carbocycles. The number of carbonyl (C=O) groups excluding carboxylic acids is 1. The van der Waals surface area contributed by atoms with Gasteiger partial charge in [0.15, 0.2) is 11.5 Å². The van der Waals surface area contributed by atoms with E-state index in [4.69, 9.17) is 20.5 Å². The molecule has 0 radical (unpaired) electrons. The summed E-state index contributed by atoms with van der Waals surface area (Å²) < 4.78 is 10.2. The Labute approximate surface area is 98.0 Å². The first kappa shape index (κ1) is 11.0.